The average Bonchev–Trinajstić information content (AvgIpc) is 3.43. The Morgan fingerprint density at radius 2 is 1.91 bits per heavy atom. The van der Waals surface area contributed by atoms with Crippen LogP contribution in [0.2, 0.25) is 0 Å². The van der Waals surface area contributed by atoms with Crippen LogP contribution in [0.25, 0.3) is 12.2 Å². The Morgan fingerprint density at radius 3 is 2.62 bits per heavy atom. The number of ether oxygens (including phenoxy) is 1. The number of hydrogen-bond acceptors (Lipinski definition) is 6. The third-order valence-corrected chi connectivity index (χ3v) is 7.17. The van der Waals surface area contributed by atoms with Gasteiger partial charge in [0.2, 0.25) is 5.91 Å². The van der Waals surface area contributed by atoms with Gasteiger partial charge in [-0.15, -0.1) is 11.3 Å². The normalized spacial score (nSPS) is 15.2. The number of carbonyl (C=O) groups is 2. The molecular formula is C24H24N2O4S2. The quantitative estimate of drug-likeness (QED) is 0.522. The smallest absolute Gasteiger partial charge is 0.269 e. The van der Waals surface area contributed by atoms with Crippen LogP contribution >= 0.6 is 22.7 Å². The van der Waals surface area contributed by atoms with E-state index in [0.717, 1.165) is 24.8 Å². The largest absolute Gasteiger partial charge is 0.496 e. The first-order chi connectivity index (χ1) is 15.6. The molecular weight excluding hydrogens is 444 g/mol. The van der Waals surface area contributed by atoms with Crippen molar-refractivity contribution in [3.05, 3.63) is 71.8 Å². The molecule has 0 atom stereocenters. The molecule has 0 spiro atoms. The van der Waals surface area contributed by atoms with Gasteiger partial charge < -0.3 is 9.64 Å². The summed E-state index contributed by atoms with van der Waals surface area (Å²) in [5, 5.41) is 3.89. The zero-order valence-electron chi connectivity index (χ0n) is 17.8. The average molecular weight is 469 g/mol. The molecule has 8 heteroatoms. The molecule has 3 heterocycles. The van der Waals surface area contributed by atoms with Crippen molar-refractivity contribution in [3.63, 3.8) is 0 Å². The van der Waals surface area contributed by atoms with Crippen molar-refractivity contribution in [1.29, 1.82) is 0 Å². The van der Waals surface area contributed by atoms with Crippen molar-refractivity contribution in [2.24, 2.45) is 0 Å². The number of methoxy groups -OCH3 is 1. The van der Waals surface area contributed by atoms with E-state index >= 15 is 0 Å². The van der Waals surface area contributed by atoms with E-state index in [1.807, 2.05) is 21.7 Å². The summed E-state index contributed by atoms with van der Waals surface area (Å²) in [6.07, 6.45) is 6.31. The van der Waals surface area contributed by atoms with E-state index in [2.05, 4.69) is 0 Å². The van der Waals surface area contributed by atoms with Crippen molar-refractivity contribution in [2.45, 2.75) is 25.8 Å². The third kappa shape index (κ3) is 4.92. The number of Topliss-reactive ketones (excluding diaryl/α,β-unsaturated/α-hetero) is 1. The van der Waals surface area contributed by atoms with Crippen LogP contribution in [0.4, 0.5) is 0 Å². The van der Waals surface area contributed by atoms with Gasteiger partial charge in [-0.25, -0.2) is 0 Å². The van der Waals surface area contributed by atoms with Crippen LogP contribution in [0, 0.1) is 0 Å². The molecule has 1 aliphatic heterocycles. The molecule has 166 valence electrons. The van der Waals surface area contributed by atoms with Crippen LogP contribution in [-0.4, -0.2) is 41.4 Å². The lowest BCUT2D eigenvalue weighted by Crippen LogP contribution is -2.42. The van der Waals surface area contributed by atoms with Crippen LogP contribution < -0.4 is 19.5 Å². The summed E-state index contributed by atoms with van der Waals surface area (Å²) in [4.78, 5) is 40.9. The van der Waals surface area contributed by atoms with Crippen LogP contribution in [0.5, 0.6) is 5.75 Å². The predicted molar refractivity (Wildman–Crippen MR) is 128 cm³/mol. The van der Waals surface area contributed by atoms with Crippen LogP contribution in [0.3, 0.4) is 0 Å². The highest BCUT2D eigenvalue weighted by Gasteiger charge is 2.19. The number of thiophene rings is 1. The van der Waals surface area contributed by atoms with Gasteiger partial charge in [0.05, 0.1) is 17.2 Å². The number of piperidine rings is 1. The fourth-order valence-electron chi connectivity index (χ4n) is 3.72. The summed E-state index contributed by atoms with van der Waals surface area (Å²) >= 11 is 2.77. The minimum absolute atomic E-state index is 0.0716. The van der Waals surface area contributed by atoms with Crippen molar-refractivity contribution in [3.8, 4) is 5.75 Å². The number of likely N-dealkylation sites (tertiary alicyclic amines) is 1. The summed E-state index contributed by atoms with van der Waals surface area (Å²) < 4.78 is 7.68. The Morgan fingerprint density at radius 1 is 1.12 bits per heavy atom. The van der Waals surface area contributed by atoms with Crippen molar-refractivity contribution in [2.75, 3.05) is 20.2 Å². The summed E-state index contributed by atoms with van der Waals surface area (Å²) in [6.45, 7) is 1.35. The molecule has 1 aliphatic rings. The minimum Gasteiger partial charge on any atom is -0.496 e. The van der Waals surface area contributed by atoms with E-state index in [1.165, 1.54) is 29.1 Å². The molecule has 1 aromatic carbocycles. The molecule has 0 aliphatic carbocycles. The molecule has 32 heavy (non-hydrogen) atoms. The number of nitrogens with zero attached hydrogens (tertiary/aromatic N) is 2. The molecule has 0 radical (unpaired) electrons. The molecule has 2 aromatic heterocycles. The van der Waals surface area contributed by atoms with E-state index in [4.69, 9.17) is 4.74 Å². The first kappa shape index (κ1) is 22.2. The maximum Gasteiger partial charge on any atom is 0.269 e. The summed E-state index contributed by atoms with van der Waals surface area (Å²) in [6, 6.07) is 8.89. The summed E-state index contributed by atoms with van der Waals surface area (Å²) in [5.41, 5.74) is 1.07. The lowest BCUT2D eigenvalue weighted by molar-refractivity contribution is -0.132. The van der Waals surface area contributed by atoms with Gasteiger partial charge in [-0.05, 0) is 59.9 Å². The lowest BCUT2D eigenvalue weighted by Gasteiger charge is -2.26. The summed E-state index contributed by atoms with van der Waals surface area (Å²) in [7, 11) is 1.51. The topological polar surface area (TPSA) is 68.6 Å². The number of thiazole rings is 1. The van der Waals surface area contributed by atoms with Gasteiger partial charge >= 0.3 is 0 Å². The molecule has 0 saturated carbocycles. The van der Waals surface area contributed by atoms with Crippen LogP contribution in [0.15, 0.2) is 45.9 Å². The van der Waals surface area contributed by atoms with Gasteiger partial charge in [-0.1, -0.05) is 12.1 Å². The zero-order valence-corrected chi connectivity index (χ0v) is 19.4. The fourth-order valence-corrected chi connectivity index (χ4v) is 5.38. The van der Waals surface area contributed by atoms with E-state index in [9.17, 15) is 14.4 Å². The van der Waals surface area contributed by atoms with Gasteiger partial charge in [0.1, 0.15) is 17.0 Å². The molecule has 1 saturated heterocycles. The van der Waals surface area contributed by atoms with E-state index in [-0.39, 0.29) is 23.8 Å². The van der Waals surface area contributed by atoms with Crippen molar-refractivity contribution < 1.29 is 14.3 Å². The number of benzene rings is 1. The second-order valence-corrected chi connectivity index (χ2v) is 9.39. The van der Waals surface area contributed by atoms with E-state index < -0.39 is 0 Å². The van der Waals surface area contributed by atoms with E-state index in [0.29, 0.717) is 33.6 Å². The number of amides is 1. The highest BCUT2D eigenvalue weighted by Crippen LogP contribution is 2.18. The Labute approximate surface area is 193 Å². The number of ketones is 1. The number of carbonyl (C=O) groups excluding carboxylic acids is 2. The number of rotatable bonds is 6. The van der Waals surface area contributed by atoms with Gasteiger partial charge in [0, 0.05) is 19.2 Å². The highest BCUT2D eigenvalue weighted by atomic mass is 32.1. The van der Waals surface area contributed by atoms with Gasteiger partial charge in [0.15, 0.2) is 5.78 Å². The Balaban J connectivity index is 1.77. The number of hydrogen-bond donors (Lipinski definition) is 0. The Kier molecular flexibility index (Phi) is 7.02. The zero-order chi connectivity index (χ0) is 22.5. The SMILES string of the molecule is COc1ccccc1C(=O)C=c1sc(=Cc2ccsc2)c(=O)n1CC(=O)N1CCCCC1. The number of aromatic nitrogens is 1. The third-order valence-electron chi connectivity index (χ3n) is 5.41. The second-order valence-electron chi connectivity index (χ2n) is 7.55. The maximum absolute atomic E-state index is 13.2. The molecule has 0 N–H and O–H groups in total. The Bertz CT molecular complexity index is 1280. The molecule has 6 nitrogen and oxygen atoms in total. The van der Waals surface area contributed by atoms with Crippen molar-refractivity contribution >= 4 is 46.5 Å². The van der Waals surface area contributed by atoms with Gasteiger partial charge in [-0.2, -0.15) is 11.3 Å². The monoisotopic (exact) mass is 468 g/mol. The van der Waals surface area contributed by atoms with Crippen LogP contribution in [0.1, 0.15) is 35.2 Å². The molecule has 4 rings (SSSR count). The molecule has 3 aromatic rings. The summed E-state index contributed by atoms with van der Waals surface area (Å²) in [5.74, 6) is 0.102. The van der Waals surface area contributed by atoms with Crippen LogP contribution in [-0.2, 0) is 11.3 Å². The first-order valence-electron chi connectivity index (χ1n) is 10.5. The Hall–Kier alpha value is -2.97. The van der Waals surface area contributed by atoms with Gasteiger partial charge in [-0.3, -0.25) is 19.0 Å². The first-order valence-corrected chi connectivity index (χ1v) is 12.2. The fraction of sp³-hybridized carbons (Fsp3) is 0.292. The van der Waals surface area contributed by atoms with E-state index in [1.54, 1.807) is 41.7 Å². The standard InChI is InChI=1S/C24H24N2O4S2/c1-30-20-8-4-3-7-18(20)19(27)14-23-26(15-22(28)25-10-5-2-6-11-25)24(29)21(32-23)13-17-9-12-31-16-17/h3-4,7-9,12-14,16H,2,5-6,10-11,15H2,1H3. The molecule has 0 bridgehead atoms. The predicted octanol–water partition coefficient (Wildman–Crippen LogP) is 2.48. The molecule has 0 unspecified atom stereocenters. The number of para-hydroxylation sites is 1. The van der Waals surface area contributed by atoms with Crippen molar-refractivity contribution in [1.82, 2.24) is 9.47 Å². The van der Waals surface area contributed by atoms with Gasteiger partial charge in [0.25, 0.3) is 5.56 Å². The lowest BCUT2D eigenvalue weighted by atomic mass is 10.1. The molecule has 1 fully saturated rings. The maximum atomic E-state index is 13.2. The highest BCUT2D eigenvalue weighted by molar-refractivity contribution is 7.08. The second kappa shape index (κ2) is 10.1. The minimum atomic E-state index is -0.273. The molecule has 1 amide bonds.